The van der Waals surface area contributed by atoms with Crippen LogP contribution >= 0.6 is 0 Å². The highest BCUT2D eigenvalue weighted by molar-refractivity contribution is 6.07. The lowest BCUT2D eigenvalue weighted by Gasteiger charge is -2.38. The molecular formula is C41H49N2+. The Morgan fingerprint density at radius 3 is 1.88 bits per heavy atom. The van der Waals surface area contributed by atoms with Crippen molar-refractivity contribution in [3.8, 4) is 0 Å². The van der Waals surface area contributed by atoms with E-state index in [-0.39, 0.29) is 16.4 Å². The molecule has 4 aromatic rings. The zero-order chi connectivity index (χ0) is 31.2. The largest absolute Gasteiger partial charge is 0.339 e. The van der Waals surface area contributed by atoms with Gasteiger partial charge in [0, 0.05) is 40.0 Å². The highest BCUT2D eigenvalue weighted by Crippen LogP contribution is 2.53. The third-order valence-electron chi connectivity index (χ3n) is 9.13. The summed E-state index contributed by atoms with van der Waals surface area (Å²) in [5.74, 6) is 0. The first-order chi connectivity index (χ1) is 20.5. The van der Waals surface area contributed by atoms with Gasteiger partial charge in [0.15, 0.2) is 5.71 Å². The van der Waals surface area contributed by atoms with Crippen LogP contribution in [-0.2, 0) is 10.8 Å². The van der Waals surface area contributed by atoms with E-state index in [0.29, 0.717) is 0 Å². The van der Waals surface area contributed by atoms with E-state index in [0.717, 1.165) is 6.54 Å². The van der Waals surface area contributed by atoms with Gasteiger partial charge in [-0.15, -0.1) is 0 Å². The molecule has 0 aliphatic carbocycles. The SMILES string of the molecule is CC.CC[N+]1=C(/C=C/C=C/C=C2/N(C(C)(C)C)c3ccc4ccccc4c3C2(C)C)C(C)(C)c2c1ccc1ccccc21. The van der Waals surface area contributed by atoms with Crippen molar-refractivity contribution in [3.05, 3.63) is 120 Å². The van der Waals surface area contributed by atoms with Crippen molar-refractivity contribution in [2.45, 2.75) is 85.6 Å². The van der Waals surface area contributed by atoms with Gasteiger partial charge in [0.05, 0.1) is 5.41 Å². The Kier molecular flexibility index (Phi) is 8.03. The van der Waals surface area contributed by atoms with Crippen LogP contribution in [0, 0.1) is 0 Å². The molecule has 0 atom stereocenters. The molecule has 4 aromatic carbocycles. The summed E-state index contributed by atoms with van der Waals surface area (Å²) in [6, 6.07) is 26.7. The standard InChI is InChI=1S/C39H43N2.C2H6/c1-9-40-31-25-23-27-17-13-15-19-29(27)35(31)38(5,6)33(40)21-11-10-12-22-34-39(7,8)36-30-20-16-14-18-28(30)24-26-32(36)41(34)37(2,3)4;1-2/h10-26H,9H2,1-8H3;1-2H3/q+1;. The normalized spacial score (nSPS) is 18.2. The summed E-state index contributed by atoms with van der Waals surface area (Å²) in [5, 5.41) is 5.32. The molecule has 0 unspecified atom stereocenters. The van der Waals surface area contributed by atoms with Gasteiger partial charge in [0.1, 0.15) is 6.54 Å². The maximum atomic E-state index is 2.54. The lowest BCUT2D eigenvalue weighted by molar-refractivity contribution is -0.433. The van der Waals surface area contributed by atoms with Crippen molar-refractivity contribution in [1.29, 1.82) is 0 Å². The number of nitrogens with zero attached hydrogens (tertiary/aromatic N) is 2. The Labute approximate surface area is 259 Å². The van der Waals surface area contributed by atoms with E-state index in [9.17, 15) is 0 Å². The van der Waals surface area contributed by atoms with Crippen molar-refractivity contribution in [1.82, 2.24) is 0 Å². The van der Waals surface area contributed by atoms with Gasteiger partial charge >= 0.3 is 0 Å². The number of benzene rings is 4. The Balaban J connectivity index is 0.00000180. The zero-order valence-corrected chi connectivity index (χ0v) is 27.9. The van der Waals surface area contributed by atoms with Gasteiger partial charge in [-0.3, -0.25) is 0 Å². The number of anilines is 1. The summed E-state index contributed by atoms with van der Waals surface area (Å²) in [6.45, 7) is 23.6. The summed E-state index contributed by atoms with van der Waals surface area (Å²) in [4.78, 5) is 2.54. The molecule has 0 bridgehead atoms. The fourth-order valence-electron chi connectivity index (χ4n) is 7.38. The van der Waals surface area contributed by atoms with Crippen molar-refractivity contribution < 1.29 is 4.58 Å². The Bertz CT molecular complexity index is 1800. The summed E-state index contributed by atoms with van der Waals surface area (Å²) < 4.78 is 2.48. The lowest BCUT2D eigenvalue weighted by Crippen LogP contribution is -2.41. The fourth-order valence-corrected chi connectivity index (χ4v) is 7.38. The Morgan fingerprint density at radius 1 is 0.698 bits per heavy atom. The summed E-state index contributed by atoms with van der Waals surface area (Å²) in [5.41, 5.74) is 7.97. The first-order valence-electron chi connectivity index (χ1n) is 16.0. The second-order valence-electron chi connectivity index (χ2n) is 13.5. The predicted molar refractivity (Wildman–Crippen MR) is 189 cm³/mol. The van der Waals surface area contributed by atoms with Gasteiger partial charge in [0.2, 0.25) is 5.69 Å². The maximum Gasteiger partial charge on any atom is 0.210 e. The van der Waals surface area contributed by atoms with Gasteiger partial charge in [0.25, 0.3) is 0 Å². The molecule has 0 fully saturated rings. The first-order valence-corrected chi connectivity index (χ1v) is 16.0. The fraction of sp³-hybridized carbons (Fsp3) is 0.341. The quantitative estimate of drug-likeness (QED) is 0.175. The number of rotatable bonds is 4. The van der Waals surface area contributed by atoms with Crippen molar-refractivity contribution in [2.24, 2.45) is 0 Å². The van der Waals surface area contributed by atoms with Crippen LogP contribution in [0.2, 0.25) is 0 Å². The molecule has 0 saturated heterocycles. The van der Waals surface area contributed by atoms with Crippen LogP contribution in [0.3, 0.4) is 0 Å². The highest BCUT2D eigenvalue weighted by atomic mass is 15.2. The van der Waals surface area contributed by atoms with E-state index in [4.69, 9.17) is 0 Å². The van der Waals surface area contributed by atoms with Gasteiger partial charge in [-0.1, -0.05) is 101 Å². The number of hydrogen-bond acceptors (Lipinski definition) is 1. The van der Waals surface area contributed by atoms with E-state index in [1.54, 1.807) is 0 Å². The molecule has 0 saturated carbocycles. The average Bonchev–Trinajstić information content (AvgIpc) is 3.36. The van der Waals surface area contributed by atoms with Gasteiger partial charge in [-0.2, -0.15) is 4.58 Å². The van der Waals surface area contributed by atoms with E-state index < -0.39 is 0 Å². The molecule has 2 nitrogen and oxygen atoms in total. The Morgan fingerprint density at radius 2 is 1.28 bits per heavy atom. The summed E-state index contributed by atoms with van der Waals surface area (Å²) in [7, 11) is 0. The van der Waals surface area contributed by atoms with Crippen LogP contribution < -0.4 is 4.90 Å². The zero-order valence-electron chi connectivity index (χ0n) is 27.9. The highest BCUT2D eigenvalue weighted by Gasteiger charge is 2.46. The molecule has 0 spiro atoms. The number of allylic oxidation sites excluding steroid dienone is 6. The molecule has 222 valence electrons. The van der Waals surface area contributed by atoms with Crippen LogP contribution in [0.25, 0.3) is 21.5 Å². The van der Waals surface area contributed by atoms with Crippen LogP contribution in [0.5, 0.6) is 0 Å². The molecule has 0 radical (unpaired) electrons. The molecule has 0 aromatic heterocycles. The van der Waals surface area contributed by atoms with E-state index >= 15 is 0 Å². The topological polar surface area (TPSA) is 6.25 Å². The molecule has 0 N–H and O–H groups in total. The lowest BCUT2D eigenvalue weighted by atomic mass is 9.79. The monoisotopic (exact) mass is 569 g/mol. The maximum absolute atomic E-state index is 2.54. The van der Waals surface area contributed by atoms with Gasteiger partial charge < -0.3 is 4.90 Å². The smallest absolute Gasteiger partial charge is 0.210 e. The van der Waals surface area contributed by atoms with Crippen molar-refractivity contribution in [3.63, 3.8) is 0 Å². The molecular weight excluding hydrogens is 520 g/mol. The van der Waals surface area contributed by atoms with Crippen molar-refractivity contribution >= 4 is 38.6 Å². The second-order valence-corrected chi connectivity index (χ2v) is 13.5. The van der Waals surface area contributed by atoms with Crippen LogP contribution in [0.15, 0.2) is 109 Å². The predicted octanol–water partition coefficient (Wildman–Crippen LogP) is 11.0. The minimum Gasteiger partial charge on any atom is -0.339 e. The van der Waals surface area contributed by atoms with Crippen LogP contribution in [0.1, 0.15) is 80.4 Å². The van der Waals surface area contributed by atoms with E-state index in [2.05, 4.69) is 168 Å². The molecule has 2 aliphatic heterocycles. The van der Waals surface area contributed by atoms with E-state index in [1.165, 1.54) is 55.5 Å². The second kappa shape index (κ2) is 11.3. The molecule has 6 rings (SSSR count). The van der Waals surface area contributed by atoms with E-state index in [1.807, 2.05) is 13.8 Å². The molecule has 2 aliphatic rings. The Hall–Kier alpha value is -3.91. The third kappa shape index (κ3) is 4.95. The van der Waals surface area contributed by atoms with Crippen LogP contribution in [0.4, 0.5) is 11.4 Å². The van der Waals surface area contributed by atoms with Gasteiger partial charge in [-0.25, -0.2) is 0 Å². The summed E-state index contributed by atoms with van der Waals surface area (Å²) >= 11 is 0. The van der Waals surface area contributed by atoms with Gasteiger partial charge in [-0.05, 0) is 86.9 Å². The minimum atomic E-state index is -0.110. The number of fused-ring (bicyclic) bond motifs is 6. The van der Waals surface area contributed by atoms with Crippen LogP contribution in [-0.4, -0.2) is 22.4 Å². The first kappa shape index (κ1) is 30.5. The summed E-state index contributed by atoms with van der Waals surface area (Å²) in [6.07, 6.45) is 11.3. The number of hydrogen-bond donors (Lipinski definition) is 0. The molecule has 2 heterocycles. The minimum absolute atomic E-state index is 0.0413. The average molecular weight is 570 g/mol. The molecule has 2 heteroatoms. The van der Waals surface area contributed by atoms with Crippen molar-refractivity contribution in [2.75, 3.05) is 11.4 Å². The molecule has 0 amide bonds. The third-order valence-corrected chi connectivity index (χ3v) is 9.13. The molecule has 43 heavy (non-hydrogen) atoms.